The molecule has 1 fully saturated rings. The molecule has 0 bridgehead atoms. The van der Waals surface area contributed by atoms with Crippen LogP contribution in [0.5, 0.6) is 0 Å². The van der Waals surface area contributed by atoms with Crippen LogP contribution in [-0.4, -0.2) is 36.5 Å². The molecule has 27 heavy (non-hydrogen) atoms. The zero-order chi connectivity index (χ0) is 19.1. The second-order valence-corrected chi connectivity index (χ2v) is 7.76. The number of hydrogen-bond acceptors (Lipinski definition) is 5. The fourth-order valence-corrected chi connectivity index (χ4v) is 4.02. The summed E-state index contributed by atoms with van der Waals surface area (Å²) < 4.78 is 7.15. The van der Waals surface area contributed by atoms with Gasteiger partial charge in [0.15, 0.2) is 0 Å². The van der Waals surface area contributed by atoms with Gasteiger partial charge in [0.1, 0.15) is 0 Å². The number of carbonyl (C=O) groups excluding carboxylic acids is 1. The van der Waals surface area contributed by atoms with Gasteiger partial charge in [-0.2, -0.15) is 0 Å². The molecule has 1 atom stereocenters. The van der Waals surface area contributed by atoms with Gasteiger partial charge in [0, 0.05) is 24.2 Å². The first-order chi connectivity index (χ1) is 13.2. The molecule has 0 saturated carbocycles. The Hall–Kier alpha value is -1.79. The van der Waals surface area contributed by atoms with E-state index in [4.69, 9.17) is 16.3 Å². The highest BCUT2D eigenvalue weighted by atomic mass is 35.5. The van der Waals surface area contributed by atoms with Crippen molar-refractivity contribution >= 4 is 35.6 Å². The zero-order valence-corrected chi connectivity index (χ0v) is 16.8. The third kappa shape index (κ3) is 5.84. The van der Waals surface area contributed by atoms with E-state index in [1.807, 2.05) is 48.5 Å². The second kappa shape index (κ2) is 9.95. The van der Waals surface area contributed by atoms with Gasteiger partial charge in [0.2, 0.25) is 0 Å². The summed E-state index contributed by atoms with van der Waals surface area (Å²) in [5.74, 6) is -0.307. The molecule has 1 aliphatic heterocycles. The minimum atomic E-state index is -0.307. The van der Waals surface area contributed by atoms with E-state index in [2.05, 4.69) is 21.1 Å². The fraction of sp³-hybridized carbons (Fsp3) is 0.286. The monoisotopic (exact) mass is 402 g/mol. The van der Waals surface area contributed by atoms with E-state index in [1.165, 1.54) is 12.7 Å². The van der Waals surface area contributed by atoms with Crippen LogP contribution in [0.2, 0.25) is 5.02 Å². The number of nitrogens with zero attached hydrogens (tertiary/aromatic N) is 1. The first-order valence-electron chi connectivity index (χ1n) is 8.89. The van der Waals surface area contributed by atoms with Crippen LogP contribution in [0.4, 0.5) is 0 Å². The standard InChI is InChI=1S/C21H23ClN2O2S/c1-26-21(25)18-6-2-17(3-7-18)15-24(20-10-12-23-14-20)27-13-11-16-4-8-19(22)9-5-16/h2-9,11,13,20,23H,10,12,14-15H2,1H3/b13-11+. The van der Waals surface area contributed by atoms with E-state index in [0.29, 0.717) is 11.6 Å². The lowest BCUT2D eigenvalue weighted by Crippen LogP contribution is -2.30. The summed E-state index contributed by atoms with van der Waals surface area (Å²) in [5.41, 5.74) is 2.87. The Bertz CT molecular complexity index is 772. The number of carbonyl (C=O) groups is 1. The number of nitrogens with one attached hydrogen (secondary N) is 1. The molecule has 1 N–H and O–H groups in total. The minimum Gasteiger partial charge on any atom is -0.465 e. The highest BCUT2D eigenvalue weighted by Crippen LogP contribution is 2.24. The second-order valence-electron chi connectivity index (χ2n) is 6.37. The van der Waals surface area contributed by atoms with Crippen LogP contribution in [0.3, 0.4) is 0 Å². The molecular weight excluding hydrogens is 380 g/mol. The van der Waals surface area contributed by atoms with E-state index < -0.39 is 0 Å². The molecule has 0 spiro atoms. The van der Waals surface area contributed by atoms with Crippen LogP contribution in [0.25, 0.3) is 6.08 Å². The van der Waals surface area contributed by atoms with Gasteiger partial charge < -0.3 is 10.1 Å². The Kier molecular flexibility index (Phi) is 7.35. The van der Waals surface area contributed by atoms with Crippen LogP contribution in [-0.2, 0) is 11.3 Å². The Morgan fingerprint density at radius 2 is 2.00 bits per heavy atom. The topological polar surface area (TPSA) is 41.6 Å². The maximum absolute atomic E-state index is 11.6. The summed E-state index contributed by atoms with van der Waals surface area (Å²) in [6.45, 7) is 2.84. The summed E-state index contributed by atoms with van der Waals surface area (Å²) >= 11 is 7.65. The van der Waals surface area contributed by atoms with Crippen molar-refractivity contribution in [1.29, 1.82) is 0 Å². The van der Waals surface area contributed by atoms with Gasteiger partial charge >= 0.3 is 5.97 Å². The summed E-state index contributed by atoms with van der Waals surface area (Å²) in [4.78, 5) is 11.6. The van der Waals surface area contributed by atoms with E-state index in [-0.39, 0.29) is 5.97 Å². The highest BCUT2D eigenvalue weighted by Gasteiger charge is 2.22. The molecule has 1 heterocycles. The van der Waals surface area contributed by atoms with Gasteiger partial charge in [-0.1, -0.05) is 35.9 Å². The predicted molar refractivity (Wildman–Crippen MR) is 113 cm³/mol. The van der Waals surface area contributed by atoms with Crippen molar-refractivity contribution in [3.05, 3.63) is 75.7 Å². The van der Waals surface area contributed by atoms with Crippen LogP contribution in [0.1, 0.15) is 27.9 Å². The van der Waals surface area contributed by atoms with Crippen molar-refractivity contribution in [2.75, 3.05) is 20.2 Å². The van der Waals surface area contributed by atoms with Crippen molar-refractivity contribution in [2.45, 2.75) is 19.0 Å². The highest BCUT2D eigenvalue weighted by molar-refractivity contribution is 8.00. The van der Waals surface area contributed by atoms with Crippen molar-refractivity contribution in [3.8, 4) is 0 Å². The number of rotatable bonds is 7. The van der Waals surface area contributed by atoms with Crippen molar-refractivity contribution in [1.82, 2.24) is 9.62 Å². The number of methoxy groups -OCH3 is 1. The molecule has 2 aromatic rings. The smallest absolute Gasteiger partial charge is 0.337 e. The Balaban J connectivity index is 1.66. The third-order valence-corrected chi connectivity index (χ3v) is 5.69. The van der Waals surface area contributed by atoms with Crippen molar-refractivity contribution in [2.24, 2.45) is 0 Å². The average Bonchev–Trinajstić information content (AvgIpc) is 3.23. The van der Waals surface area contributed by atoms with E-state index in [9.17, 15) is 4.79 Å². The predicted octanol–water partition coefficient (Wildman–Crippen LogP) is 4.61. The molecule has 0 amide bonds. The molecule has 1 aliphatic rings. The first-order valence-corrected chi connectivity index (χ1v) is 10.1. The molecule has 0 aliphatic carbocycles. The summed E-state index contributed by atoms with van der Waals surface area (Å²) in [6.07, 6.45) is 3.22. The molecule has 1 saturated heterocycles. The van der Waals surface area contributed by atoms with Gasteiger partial charge in [0.05, 0.1) is 12.7 Å². The number of ether oxygens (including phenoxy) is 1. The first kappa shape index (κ1) is 20.0. The SMILES string of the molecule is COC(=O)c1ccc(CN(S/C=C/c2ccc(Cl)cc2)C2CCNC2)cc1. The minimum absolute atomic E-state index is 0.307. The lowest BCUT2D eigenvalue weighted by Gasteiger charge is -2.25. The molecule has 0 radical (unpaired) electrons. The Labute approximate surface area is 169 Å². The van der Waals surface area contributed by atoms with Crippen molar-refractivity contribution in [3.63, 3.8) is 0 Å². The van der Waals surface area contributed by atoms with Crippen LogP contribution < -0.4 is 5.32 Å². The quantitative estimate of drug-likeness (QED) is 0.541. The van der Waals surface area contributed by atoms with E-state index >= 15 is 0 Å². The van der Waals surface area contributed by atoms with E-state index in [0.717, 1.165) is 36.6 Å². The Morgan fingerprint density at radius 1 is 1.26 bits per heavy atom. The Morgan fingerprint density at radius 3 is 2.63 bits per heavy atom. The average molecular weight is 403 g/mol. The summed E-state index contributed by atoms with van der Waals surface area (Å²) in [5, 5.41) is 6.29. The number of hydrogen-bond donors (Lipinski definition) is 1. The van der Waals surface area contributed by atoms with Gasteiger partial charge in [0.25, 0.3) is 0 Å². The number of benzene rings is 2. The summed E-state index contributed by atoms with van der Waals surface area (Å²) in [6, 6.07) is 15.9. The third-order valence-electron chi connectivity index (χ3n) is 4.48. The van der Waals surface area contributed by atoms with Crippen LogP contribution in [0.15, 0.2) is 53.9 Å². The van der Waals surface area contributed by atoms with Gasteiger partial charge in [-0.15, -0.1) is 0 Å². The molecular formula is C21H23ClN2O2S. The number of halogens is 1. The normalized spacial score (nSPS) is 16.9. The molecule has 6 heteroatoms. The molecule has 0 aromatic heterocycles. The lowest BCUT2D eigenvalue weighted by molar-refractivity contribution is 0.0600. The van der Waals surface area contributed by atoms with Gasteiger partial charge in [-0.25, -0.2) is 9.10 Å². The van der Waals surface area contributed by atoms with E-state index in [1.54, 1.807) is 11.9 Å². The maximum Gasteiger partial charge on any atom is 0.337 e. The molecule has 3 rings (SSSR count). The maximum atomic E-state index is 11.6. The summed E-state index contributed by atoms with van der Waals surface area (Å²) in [7, 11) is 1.40. The van der Waals surface area contributed by atoms with Crippen LogP contribution >= 0.6 is 23.5 Å². The lowest BCUT2D eigenvalue weighted by atomic mass is 10.1. The largest absolute Gasteiger partial charge is 0.465 e. The van der Waals surface area contributed by atoms with Gasteiger partial charge in [-0.05, 0) is 71.8 Å². The molecule has 4 nitrogen and oxygen atoms in total. The zero-order valence-electron chi connectivity index (χ0n) is 15.2. The molecule has 1 unspecified atom stereocenters. The molecule has 2 aromatic carbocycles. The van der Waals surface area contributed by atoms with Crippen molar-refractivity contribution < 1.29 is 9.53 Å². The fourth-order valence-electron chi connectivity index (χ4n) is 2.94. The van der Waals surface area contributed by atoms with Gasteiger partial charge in [-0.3, -0.25) is 0 Å². The van der Waals surface area contributed by atoms with Crippen LogP contribution in [0, 0.1) is 0 Å². The number of esters is 1. The molecule has 142 valence electrons.